The molecule has 146 valence electrons. The molecule has 1 aromatic carbocycles. The van der Waals surface area contributed by atoms with Crippen molar-refractivity contribution in [3.05, 3.63) is 23.8 Å². The van der Waals surface area contributed by atoms with Gasteiger partial charge >= 0.3 is 6.03 Å². The van der Waals surface area contributed by atoms with E-state index in [-0.39, 0.29) is 11.9 Å². The number of anilines is 1. The Hall–Kier alpha value is -1.24. The second-order valence-corrected chi connectivity index (χ2v) is 8.80. The molecule has 1 aliphatic rings. The smallest absolute Gasteiger partial charge is 0.319 e. The van der Waals surface area contributed by atoms with Gasteiger partial charge in [-0.05, 0) is 49.9 Å². The number of carbonyl (C=O) groups excluding carboxylic acids is 1. The van der Waals surface area contributed by atoms with Crippen molar-refractivity contribution in [1.29, 1.82) is 0 Å². The fourth-order valence-corrected chi connectivity index (χ4v) is 4.00. The van der Waals surface area contributed by atoms with Crippen LogP contribution in [0, 0.1) is 12.8 Å². The van der Waals surface area contributed by atoms with Gasteiger partial charge in [0.15, 0.2) is 5.79 Å². The first-order valence-electron chi connectivity index (χ1n) is 9.41. The molecule has 1 fully saturated rings. The Balaban J connectivity index is 1.80. The largest absolute Gasteiger partial charge is 0.348 e. The van der Waals surface area contributed by atoms with Gasteiger partial charge in [-0.3, -0.25) is 0 Å². The van der Waals surface area contributed by atoms with Crippen LogP contribution in [0.5, 0.6) is 0 Å². The molecule has 0 spiro atoms. The first-order valence-corrected chi connectivity index (χ1v) is 10.3. The summed E-state index contributed by atoms with van der Waals surface area (Å²) in [7, 11) is 0. The highest BCUT2D eigenvalue weighted by atomic mass is 32.2. The maximum Gasteiger partial charge on any atom is 0.319 e. The van der Waals surface area contributed by atoms with Crippen molar-refractivity contribution in [2.45, 2.75) is 63.4 Å². The molecule has 0 unspecified atom stereocenters. The monoisotopic (exact) mass is 380 g/mol. The summed E-state index contributed by atoms with van der Waals surface area (Å²) in [6.07, 6.45) is 1.90. The molecular weight excluding hydrogens is 348 g/mol. The zero-order chi connectivity index (χ0) is 19.2. The molecule has 1 aliphatic heterocycles. The zero-order valence-electron chi connectivity index (χ0n) is 16.6. The summed E-state index contributed by atoms with van der Waals surface area (Å²) in [5.74, 6) is -0.253. The van der Waals surface area contributed by atoms with Crippen molar-refractivity contribution in [3.63, 3.8) is 0 Å². The van der Waals surface area contributed by atoms with E-state index in [4.69, 9.17) is 9.47 Å². The van der Waals surface area contributed by atoms with Crippen molar-refractivity contribution in [2.24, 2.45) is 5.92 Å². The first kappa shape index (κ1) is 21.1. The van der Waals surface area contributed by atoms with Crippen molar-refractivity contribution < 1.29 is 14.3 Å². The van der Waals surface area contributed by atoms with Gasteiger partial charge in [0.1, 0.15) is 0 Å². The minimum absolute atomic E-state index is 0.180. The maximum absolute atomic E-state index is 12.2. The number of hydrogen-bond donors (Lipinski definition) is 2. The van der Waals surface area contributed by atoms with Crippen LogP contribution in [0.15, 0.2) is 23.1 Å². The Kier molecular flexibility index (Phi) is 7.80. The highest BCUT2D eigenvalue weighted by molar-refractivity contribution is 7.99. The van der Waals surface area contributed by atoms with Crippen LogP contribution in [0.3, 0.4) is 0 Å². The number of ether oxygens (including phenoxy) is 2. The molecule has 2 atom stereocenters. The van der Waals surface area contributed by atoms with Gasteiger partial charge in [-0.1, -0.05) is 20.8 Å². The van der Waals surface area contributed by atoms with E-state index >= 15 is 0 Å². The second kappa shape index (κ2) is 9.62. The topological polar surface area (TPSA) is 59.6 Å². The van der Waals surface area contributed by atoms with Gasteiger partial charge < -0.3 is 20.1 Å². The van der Waals surface area contributed by atoms with Gasteiger partial charge in [0.25, 0.3) is 0 Å². The molecule has 0 aliphatic carbocycles. The number of thioether (sulfide) groups is 1. The lowest BCUT2D eigenvalue weighted by atomic mass is 10.0. The maximum atomic E-state index is 12.2. The number of carbonyl (C=O) groups is 1. The predicted octanol–water partition coefficient (Wildman–Crippen LogP) is 4.80. The quantitative estimate of drug-likeness (QED) is 0.636. The van der Waals surface area contributed by atoms with E-state index in [0.29, 0.717) is 25.0 Å². The van der Waals surface area contributed by atoms with E-state index in [2.05, 4.69) is 43.5 Å². The molecule has 1 heterocycles. The van der Waals surface area contributed by atoms with Crippen molar-refractivity contribution in [2.75, 3.05) is 25.1 Å². The molecule has 0 bridgehead atoms. The Morgan fingerprint density at radius 1 is 1.31 bits per heavy atom. The molecule has 6 heteroatoms. The van der Waals surface area contributed by atoms with Crippen molar-refractivity contribution in [1.82, 2.24) is 5.32 Å². The normalized spacial score (nSPS) is 18.3. The van der Waals surface area contributed by atoms with Gasteiger partial charge in [-0.2, -0.15) is 0 Å². The molecule has 5 nitrogen and oxygen atoms in total. The van der Waals surface area contributed by atoms with E-state index < -0.39 is 5.79 Å². The van der Waals surface area contributed by atoms with Gasteiger partial charge in [-0.15, -0.1) is 11.8 Å². The molecule has 1 saturated heterocycles. The molecule has 2 amide bonds. The number of urea groups is 1. The summed E-state index contributed by atoms with van der Waals surface area (Å²) in [4.78, 5) is 13.4. The predicted molar refractivity (Wildman–Crippen MR) is 108 cm³/mol. The standard InChI is InChI=1S/C20H32N2O3S/c1-6-16(4)26-17-7-8-18(15(3)11-17)22-19(23)21-13-14(2)12-20(5)24-9-10-25-20/h7-8,11,14,16H,6,9-10,12-13H2,1-5H3,(H2,21,22,23)/t14-,16+/m0/s1. The molecular formula is C20H32N2O3S. The van der Waals surface area contributed by atoms with E-state index in [1.807, 2.05) is 31.7 Å². The number of nitrogens with one attached hydrogen (secondary N) is 2. The molecule has 2 rings (SSSR count). The number of aryl methyl sites for hydroxylation is 1. The van der Waals surface area contributed by atoms with Gasteiger partial charge in [0.05, 0.1) is 13.2 Å². The third-order valence-corrected chi connectivity index (χ3v) is 5.85. The number of hydrogen-bond acceptors (Lipinski definition) is 4. The van der Waals surface area contributed by atoms with Crippen LogP contribution in [-0.4, -0.2) is 36.8 Å². The lowest BCUT2D eigenvalue weighted by Gasteiger charge is -2.26. The van der Waals surface area contributed by atoms with Crippen LogP contribution >= 0.6 is 11.8 Å². The molecule has 0 aromatic heterocycles. The number of rotatable bonds is 8. The molecule has 0 radical (unpaired) electrons. The summed E-state index contributed by atoms with van der Waals surface area (Å²) in [5.41, 5.74) is 1.92. The van der Waals surface area contributed by atoms with Crippen LogP contribution < -0.4 is 10.6 Å². The zero-order valence-corrected chi connectivity index (χ0v) is 17.4. The highest BCUT2D eigenvalue weighted by Crippen LogP contribution is 2.29. The average molecular weight is 381 g/mol. The third kappa shape index (κ3) is 6.49. The summed E-state index contributed by atoms with van der Waals surface area (Å²) in [6, 6.07) is 5.99. The fraction of sp³-hybridized carbons (Fsp3) is 0.650. The van der Waals surface area contributed by atoms with Gasteiger partial charge in [-0.25, -0.2) is 4.79 Å². The lowest BCUT2D eigenvalue weighted by Crippen LogP contribution is -2.36. The van der Waals surface area contributed by atoms with Gasteiger partial charge in [0.2, 0.25) is 0 Å². The van der Waals surface area contributed by atoms with Crippen LogP contribution in [0.4, 0.5) is 10.5 Å². The third-order valence-electron chi connectivity index (χ3n) is 4.59. The average Bonchev–Trinajstić information content (AvgIpc) is 3.01. The van der Waals surface area contributed by atoms with Crippen molar-refractivity contribution in [3.8, 4) is 0 Å². The Labute approximate surface area is 161 Å². The van der Waals surface area contributed by atoms with Crippen LogP contribution in [-0.2, 0) is 9.47 Å². The van der Waals surface area contributed by atoms with Crippen LogP contribution in [0.2, 0.25) is 0 Å². The van der Waals surface area contributed by atoms with E-state index in [1.165, 1.54) is 4.90 Å². The van der Waals surface area contributed by atoms with Crippen LogP contribution in [0.1, 0.15) is 46.1 Å². The summed E-state index contributed by atoms with van der Waals surface area (Å²) >= 11 is 1.86. The first-order chi connectivity index (χ1) is 12.3. The molecule has 26 heavy (non-hydrogen) atoms. The van der Waals surface area contributed by atoms with Gasteiger partial charge in [0, 0.05) is 28.8 Å². The molecule has 2 N–H and O–H groups in total. The van der Waals surface area contributed by atoms with Crippen LogP contribution in [0.25, 0.3) is 0 Å². The minimum Gasteiger partial charge on any atom is -0.348 e. The summed E-state index contributed by atoms with van der Waals surface area (Å²) in [6.45, 7) is 12.3. The summed E-state index contributed by atoms with van der Waals surface area (Å²) in [5, 5.41) is 6.47. The number of benzene rings is 1. The van der Waals surface area contributed by atoms with Crippen molar-refractivity contribution >= 4 is 23.5 Å². The minimum atomic E-state index is -0.517. The lowest BCUT2D eigenvalue weighted by molar-refractivity contribution is -0.153. The highest BCUT2D eigenvalue weighted by Gasteiger charge is 2.32. The van der Waals surface area contributed by atoms with E-state index in [9.17, 15) is 4.79 Å². The molecule has 0 saturated carbocycles. The summed E-state index contributed by atoms with van der Waals surface area (Å²) < 4.78 is 11.2. The Bertz CT molecular complexity index is 603. The van der Waals surface area contributed by atoms with E-state index in [1.54, 1.807) is 0 Å². The molecule has 1 aromatic rings. The fourth-order valence-electron chi connectivity index (χ4n) is 2.98. The second-order valence-electron chi connectivity index (χ2n) is 7.29. The Morgan fingerprint density at radius 2 is 2.00 bits per heavy atom. The number of amides is 2. The Morgan fingerprint density at radius 3 is 2.62 bits per heavy atom. The van der Waals surface area contributed by atoms with E-state index in [0.717, 1.165) is 24.1 Å². The SMILES string of the molecule is CC[C@@H](C)Sc1ccc(NC(=O)NC[C@@H](C)CC2(C)OCCO2)c(C)c1.